The number of aryl methyl sites for hydroxylation is 1. The van der Waals surface area contributed by atoms with Crippen LogP contribution in [0.2, 0.25) is 0 Å². The fourth-order valence-electron chi connectivity index (χ4n) is 1.86. The van der Waals surface area contributed by atoms with Crippen LogP contribution in [0.1, 0.15) is 0 Å². The fraction of sp³-hybridized carbons (Fsp3) is 0.417. The largest absolute Gasteiger partial charge is 0.617 e. The zero-order valence-electron chi connectivity index (χ0n) is 11.7. The molecular formula is C12H14ClF3N2O2S2. The Kier molecular flexibility index (Phi) is 6.60. The second-order valence-electron chi connectivity index (χ2n) is 4.21. The first-order valence-corrected chi connectivity index (χ1v) is 8.46. The topological polar surface area (TPSA) is 49.6 Å². The summed E-state index contributed by atoms with van der Waals surface area (Å²) in [6.45, 7) is 0.495. The molecule has 1 unspecified atom stereocenters. The highest BCUT2D eigenvalue weighted by molar-refractivity contribution is 7.90. The van der Waals surface area contributed by atoms with E-state index in [0.29, 0.717) is 21.8 Å². The second-order valence-corrected chi connectivity index (χ2v) is 6.78. The number of fused-ring (bicyclic) bond motifs is 1. The van der Waals surface area contributed by atoms with E-state index in [9.17, 15) is 17.7 Å². The summed E-state index contributed by atoms with van der Waals surface area (Å²) in [6.07, 6.45) is -3.11. The third-order valence-corrected chi connectivity index (χ3v) is 4.57. The SMILES string of the molecule is C/N=c1/sc2cc(OC(F)(F)F)ccc2n1CC[S+](C)[O-].Cl. The van der Waals surface area contributed by atoms with Crippen LogP contribution in [0.3, 0.4) is 0 Å². The zero-order valence-corrected chi connectivity index (χ0v) is 14.2. The average molecular weight is 375 g/mol. The Morgan fingerprint density at radius 1 is 1.41 bits per heavy atom. The number of hydrogen-bond acceptors (Lipinski definition) is 4. The van der Waals surface area contributed by atoms with Crippen molar-refractivity contribution in [2.75, 3.05) is 19.1 Å². The summed E-state index contributed by atoms with van der Waals surface area (Å²) < 4.78 is 54.3. The van der Waals surface area contributed by atoms with Gasteiger partial charge in [-0.3, -0.25) is 4.99 Å². The van der Waals surface area contributed by atoms with Gasteiger partial charge in [-0.25, -0.2) is 0 Å². The summed E-state index contributed by atoms with van der Waals surface area (Å²) in [5, 5.41) is 0. The molecule has 0 bridgehead atoms. The summed E-state index contributed by atoms with van der Waals surface area (Å²) in [5.74, 6) is 0.199. The first-order chi connectivity index (χ1) is 9.80. The van der Waals surface area contributed by atoms with Gasteiger partial charge in [-0.05, 0) is 18.2 Å². The quantitative estimate of drug-likeness (QED) is 0.772. The maximum absolute atomic E-state index is 12.2. The predicted molar refractivity (Wildman–Crippen MR) is 84.2 cm³/mol. The lowest BCUT2D eigenvalue weighted by Gasteiger charge is -2.09. The van der Waals surface area contributed by atoms with E-state index in [4.69, 9.17) is 0 Å². The van der Waals surface area contributed by atoms with Crippen LogP contribution in [0.4, 0.5) is 13.2 Å². The highest BCUT2D eigenvalue weighted by Gasteiger charge is 2.31. The lowest BCUT2D eigenvalue weighted by Crippen LogP contribution is -2.20. The lowest BCUT2D eigenvalue weighted by molar-refractivity contribution is -0.274. The standard InChI is InChI=1S/C12H13F3N2O2S2.ClH/c1-16-11-17(5-6-21(2)18)9-4-3-8(7-10(9)20-11)19-12(13,14)15;/h3-4,7H,5-6H2,1-2H3;1H/b16-11+;. The third kappa shape index (κ3) is 4.80. The molecule has 0 spiro atoms. The van der Waals surface area contributed by atoms with E-state index in [1.54, 1.807) is 19.4 Å². The van der Waals surface area contributed by atoms with Crippen LogP contribution in [-0.4, -0.2) is 34.5 Å². The molecule has 1 heterocycles. The van der Waals surface area contributed by atoms with Crippen LogP contribution in [0, 0.1) is 0 Å². The van der Waals surface area contributed by atoms with Crippen LogP contribution in [0.5, 0.6) is 5.75 Å². The van der Waals surface area contributed by atoms with E-state index in [0.717, 1.165) is 5.52 Å². The van der Waals surface area contributed by atoms with Crippen molar-refractivity contribution < 1.29 is 22.5 Å². The molecule has 1 atom stereocenters. The molecule has 0 N–H and O–H groups in total. The number of thiazole rings is 1. The van der Waals surface area contributed by atoms with Crippen molar-refractivity contribution in [1.29, 1.82) is 0 Å². The summed E-state index contributed by atoms with van der Waals surface area (Å²) >= 11 is 0.313. The van der Waals surface area contributed by atoms with Crippen LogP contribution >= 0.6 is 23.7 Å². The Morgan fingerprint density at radius 2 is 2.09 bits per heavy atom. The van der Waals surface area contributed by atoms with E-state index in [2.05, 4.69) is 9.73 Å². The minimum atomic E-state index is -4.71. The summed E-state index contributed by atoms with van der Waals surface area (Å²) in [5.41, 5.74) is 0.751. The predicted octanol–water partition coefficient (Wildman–Crippen LogP) is 2.93. The molecule has 0 saturated carbocycles. The van der Waals surface area contributed by atoms with Gasteiger partial charge in [0, 0.05) is 7.05 Å². The van der Waals surface area contributed by atoms with Crippen molar-refractivity contribution in [3.8, 4) is 5.75 Å². The van der Waals surface area contributed by atoms with Crippen LogP contribution in [-0.2, 0) is 17.7 Å². The van der Waals surface area contributed by atoms with Gasteiger partial charge in [0.25, 0.3) is 0 Å². The van der Waals surface area contributed by atoms with E-state index >= 15 is 0 Å². The molecule has 1 aromatic heterocycles. The maximum atomic E-state index is 12.2. The fourth-order valence-corrected chi connectivity index (χ4v) is 3.34. The van der Waals surface area contributed by atoms with Gasteiger partial charge < -0.3 is 13.9 Å². The number of hydrogen-bond donors (Lipinski definition) is 0. The van der Waals surface area contributed by atoms with E-state index < -0.39 is 17.5 Å². The molecule has 0 amide bonds. The Balaban J connectivity index is 0.00000242. The maximum Gasteiger partial charge on any atom is 0.573 e. The van der Waals surface area contributed by atoms with Crippen molar-refractivity contribution in [1.82, 2.24) is 4.57 Å². The smallest absolute Gasteiger partial charge is 0.573 e. The summed E-state index contributed by atoms with van der Waals surface area (Å²) in [4.78, 5) is 4.78. The van der Waals surface area contributed by atoms with Crippen molar-refractivity contribution in [3.05, 3.63) is 23.0 Å². The molecule has 1 aromatic carbocycles. The van der Waals surface area contributed by atoms with Crippen molar-refractivity contribution in [3.63, 3.8) is 0 Å². The van der Waals surface area contributed by atoms with E-state index in [1.807, 2.05) is 4.57 Å². The van der Waals surface area contributed by atoms with E-state index in [1.165, 1.54) is 23.5 Å². The highest BCUT2D eigenvalue weighted by atomic mass is 35.5. The molecule has 0 saturated heterocycles. The molecule has 4 nitrogen and oxygen atoms in total. The van der Waals surface area contributed by atoms with Gasteiger partial charge in [0.1, 0.15) is 11.5 Å². The van der Waals surface area contributed by atoms with Crippen molar-refractivity contribution in [2.45, 2.75) is 12.9 Å². The molecule has 0 aliphatic carbocycles. The summed E-state index contributed by atoms with van der Waals surface area (Å²) in [7, 11) is 1.61. The van der Waals surface area contributed by atoms with Crippen LogP contribution in [0.25, 0.3) is 10.2 Å². The molecule has 22 heavy (non-hydrogen) atoms. The van der Waals surface area contributed by atoms with Gasteiger partial charge in [-0.2, -0.15) is 0 Å². The molecule has 2 rings (SSSR count). The monoisotopic (exact) mass is 374 g/mol. The Morgan fingerprint density at radius 3 is 2.64 bits per heavy atom. The number of nitrogens with zero attached hydrogens (tertiary/aromatic N) is 2. The van der Waals surface area contributed by atoms with Gasteiger partial charge in [0.15, 0.2) is 4.80 Å². The number of ether oxygens (including phenoxy) is 1. The van der Waals surface area contributed by atoms with Crippen molar-refractivity contribution in [2.24, 2.45) is 4.99 Å². The molecule has 10 heteroatoms. The van der Waals surface area contributed by atoms with Gasteiger partial charge >= 0.3 is 6.36 Å². The highest BCUT2D eigenvalue weighted by Crippen LogP contribution is 2.27. The van der Waals surface area contributed by atoms with Crippen LogP contribution < -0.4 is 9.54 Å². The number of rotatable bonds is 4. The zero-order chi connectivity index (χ0) is 15.6. The molecule has 0 radical (unpaired) electrons. The van der Waals surface area contributed by atoms with Crippen molar-refractivity contribution >= 4 is 45.1 Å². The van der Waals surface area contributed by atoms with Gasteiger partial charge in [-0.15, -0.1) is 25.6 Å². The first kappa shape index (κ1) is 19.1. The average Bonchev–Trinajstić information content (AvgIpc) is 2.71. The first-order valence-electron chi connectivity index (χ1n) is 5.92. The molecular weight excluding hydrogens is 361 g/mol. The number of halogens is 4. The molecule has 2 aromatic rings. The van der Waals surface area contributed by atoms with Gasteiger partial charge in [0.05, 0.1) is 23.0 Å². The number of alkyl halides is 3. The Labute approximate surface area is 138 Å². The van der Waals surface area contributed by atoms with E-state index in [-0.39, 0.29) is 18.2 Å². The number of benzene rings is 1. The molecule has 0 aliphatic heterocycles. The second kappa shape index (κ2) is 7.58. The van der Waals surface area contributed by atoms with Gasteiger partial charge in [-0.1, -0.05) is 22.5 Å². The molecule has 0 aliphatic rings. The third-order valence-electron chi connectivity index (χ3n) is 2.68. The Bertz CT molecular complexity index is 698. The van der Waals surface area contributed by atoms with Crippen LogP contribution in [0.15, 0.2) is 23.2 Å². The molecule has 124 valence electrons. The van der Waals surface area contributed by atoms with Gasteiger partial charge in [0.2, 0.25) is 0 Å². The minimum absolute atomic E-state index is 0. The Hall–Kier alpha value is -0.900. The molecule has 0 fully saturated rings. The lowest BCUT2D eigenvalue weighted by atomic mass is 10.3. The normalized spacial score (nSPS) is 14.0. The summed E-state index contributed by atoms with van der Waals surface area (Å²) in [6, 6.07) is 4.16. The number of aromatic nitrogens is 1. The minimum Gasteiger partial charge on any atom is -0.617 e.